The number of carbonyl (C=O) groups excluding carboxylic acids is 1. The van der Waals surface area contributed by atoms with Gasteiger partial charge in [-0.2, -0.15) is 0 Å². The van der Waals surface area contributed by atoms with E-state index in [0.29, 0.717) is 21.8 Å². The Morgan fingerprint density at radius 1 is 1.11 bits per heavy atom. The minimum Gasteiger partial charge on any atom is -0.341 e. The highest BCUT2D eigenvalue weighted by Crippen LogP contribution is 2.22. The van der Waals surface area contributed by atoms with Crippen LogP contribution in [0.15, 0.2) is 59.7 Å². The monoisotopic (exact) mass is 395 g/mol. The Morgan fingerprint density at radius 2 is 1.86 bits per heavy atom. The molecule has 2 aromatic carbocycles. The standard InChI is InChI=1S/C22H22ClN3O2/c23-18-6-7-20-19(13-18)22(28)26(15-24-20)14-21(27)25-10-8-17(9-11-25)12-16-4-2-1-3-5-16/h1-7,13,15,17H,8-12,14H2. The van der Waals surface area contributed by atoms with Crippen molar-refractivity contribution in [1.29, 1.82) is 0 Å². The SMILES string of the molecule is O=C(Cn1cnc2ccc(Cl)cc2c1=O)N1CCC(Cc2ccccc2)CC1. The summed E-state index contributed by atoms with van der Waals surface area (Å²) in [6, 6.07) is 15.5. The summed E-state index contributed by atoms with van der Waals surface area (Å²) in [6.07, 6.45) is 4.47. The third kappa shape index (κ3) is 4.09. The zero-order valence-corrected chi connectivity index (χ0v) is 16.3. The Balaban J connectivity index is 1.39. The first kappa shape index (κ1) is 18.7. The van der Waals surface area contributed by atoms with Crippen LogP contribution in [0, 0.1) is 5.92 Å². The molecule has 6 heteroatoms. The summed E-state index contributed by atoms with van der Waals surface area (Å²) in [4.78, 5) is 31.5. The quantitative estimate of drug-likeness (QED) is 0.679. The summed E-state index contributed by atoms with van der Waals surface area (Å²) in [7, 11) is 0. The van der Waals surface area contributed by atoms with Gasteiger partial charge in [0.15, 0.2) is 0 Å². The molecule has 1 aliphatic heterocycles. The molecular weight excluding hydrogens is 374 g/mol. The summed E-state index contributed by atoms with van der Waals surface area (Å²) in [5.74, 6) is 0.557. The predicted octanol–water partition coefficient (Wildman–Crippen LogP) is 3.53. The van der Waals surface area contributed by atoms with E-state index < -0.39 is 0 Å². The third-order valence-electron chi connectivity index (χ3n) is 5.43. The van der Waals surface area contributed by atoms with Crippen molar-refractivity contribution < 1.29 is 4.79 Å². The number of likely N-dealkylation sites (tertiary alicyclic amines) is 1. The van der Waals surface area contributed by atoms with Crippen LogP contribution in [0.5, 0.6) is 0 Å². The van der Waals surface area contributed by atoms with Crippen molar-refractivity contribution in [2.24, 2.45) is 5.92 Å². The van der Waals surface area contributed by atoms with Crippen molar-refractivity contribution in [2.45, 2.75) is 25.8 Å². The zero-order valence-electron chi connectivity index (χ0n) is 15.6. The summed E-state index contributed by atoms with van der Waals surface area (Å²) in [5.41, 5.74) is 1.69. The van der Waals surface area contributed by atoms with Crippen molar-refractivity contribution in [3.8, 4) is 0 Å². The lowest BCUT2D eigenvalue weighted by atomic mass is 9.90. The molecule has 1 saturated heterocycles. The second kappa shape index (κ2) is 8.15. The summed E-state index contributed by atoms with van der Waals surface area (Å²) in [5, 5.41) is 0.917. The lowest BCUT2D eigenvalue weighted by Gasteiger charge is -2.32. The van der Waals surface area contributed by atoms with Gasteiger partial charge in [-0.05, 0) is 48.9 Å². The number of halogens is 1. The molecule has 5 nitrogen and oxygen atoms in total. The van der Waals surface area contributed by atoms with Gasteiger partial charge in [-0.3, -0.25) is 14.2 Å². The van der Waals surface area contributed by atoms with E-state index in [9.17, 15) is 9.59 Å². The molecule has 1 aliphatic rings. The van der Waals surface area contributed by atoms with Crippen molar-refractivity contribution in [3.05, 3.63) is 75.8 Å². The Kier molecular flexibility index (Phi) is 5.44. The fourth-order valence-corrected chi connectivity index (χ4v) is 4.00. The molecule has 0 bridgehead atoms. The summed E-state index contributed by atoms with van der Waals surface area (Å²) >= 11 is 5.99. The molecule has 0 unspecified atom stereocenters. The van der Waals surface area contributed by atoms with Crippen LogP contribution in [0.1, 0.15) is 18.4 Å². The van der Waals surface area contributed by atoms with Gasteiger partial charge < -0.3 is 4.90 Å². The van der Waals surface area contributed by atoms with E-state index in [-0.39, 0.29) is 18.0 Å². The Morgan fingerprint density at radius 3 is 2.61 bits per heavy atom. The predicted molar refractivity (Wildman–Crippen MR) is 110 cm³/mol. The maximum absolute atomic E-state index is 12.7. The number of benzene rings is 2. The van der Waals surface area contributed by atoms with Crippen molar-refractivity contribution >= 4 is 28.4 Å². The van der Waals surface area contributed by atoms with Crippen LogP contribution >= 0.6 is 11.6 Å². The van der Waals surface area contributed by atoms with Crippen LogP contribution < -0.4 is 5.56 Å². The number of rotatable bonds is 4. The molecule has 0 saturated carbocycles. The maximum Gasteiger partial charge on any atom is 0.261 e. The zero-order chi connectivity index (χ0) is 19.5. The van der Waals surface area contributed by atoms with E-state index in [0.717, 1.165) is 32.4 Å². The highest BCUT2D eigenvalue weighted by Gasteiger charge is 2.23. The van der Waals surface area contributed by atoms with Crippen molar-refractivity contribution in [3.63, 3.8) is 0 Å². The highest BCUT2D eigenvalue weighted by molar-refractivity contribution is 6.31. The van der Waals surface area contributed by atoms with E-state index in [2.05, 4.69) is 29.2 Å². The molecule has 0 atom stereocenters. The Bertz CT molecular complexity index is 1040. The van der Waals surface area contributed by atoms with Crippen molar-refractivity contribution in [2.75, 3.05) is 13.1 Å². The van der Waals surface area contributed by atoms with Crippen LogP contribution in [0.25, 0.3) is 10.9 Å². The average Bonchev–Trinajstić information content (AvgIpc) is 2.72. The fourth-order valence-electron chi connectivity index (χ4n) is 3.82. The first-order valence-corrected chi connectivity index (χ1v) is 9.94. The second-order valence-electron chi connectivity index (χ2n) is 7.35. The van der Waals surface area contributed by atoms with Gasteiger partial charge in [-0.25, -0.2) is 4.98 Å². The van der Waals surface area contributed by atoms with Crippen LogP contribution in [-0.2, 0) is 17.8 Å². The van der Waals surface area contributed by atoms with Crippen LogP contribution in [0.4, 0.5) is 0 Å². The molecule has 0 spiro atoms. The average molecular weight is 396 g/mol. The van der Waals surface area contributed by atoms with Gasteiger partial charge in [0.2, 0.25) is 5.91 Å². The maximum atomic E-state index is 12.7. The number of aromatic nitrogens is 2. The molecular formula is C22H22ClN3O2. The fraction of sp³-hybridized carbons (Fsp3) is 0.318. The van der Waals surface area contributed by atoms with E-state index in [1.54, 1.807) is 18.2 Å². The molecule has 144 valence electrons. The molecule has 0 N–H and O–H groups in total. The van der Waals surface area contributed by atoms with Gasteiger partial charge in [-0.15, -0.1) is 0 Å². The number of fused-ring (bicyclic) bond motifs is 1. The number of nitrogens with zero attached hydrogens (tertiary/aromatic N) is 3. The van der Waals surface area contributed by atoms with Crippen LogP contribution in [0.3, 0.4) is 0 Å². The summed E-state index contributed by atoms with van der Waals surface area (Å²) in [6.45, 7) is 1.48. The molecule has 1 fully saturated rings. The Labute approximate surface area is 168 Å². The molecule has 2 heterocycles. The van der Waals surface area contributed by atoms with E-state index in [4.69, 9.17) is 11.6 Å². The van der Waals surface area contributed by atoms with E-state index >= 15 is 0 Å². The number of amides is 1. The van der Waals surface area contributed by atoms with Gasteiger partial charge in [0, 0.05) is 18.1 Å². The lowest BCUT2D eigenvalue weighted by Crippen LogP contribution is -2.41. The molecule has 1 aromatic heterocycles. The molecule has 0 radical (unpaired) electrons. The number of hydrogen-bond donors (Lipinski definition) is 0. The lowest BCUT2D eigenvalue weighted by molar-refractivity contribution is -0.133. The van der Waals surface area contributed by atoms with Crippen molar-refractivity contribution in [1.82, 2.24) is 14.5 Å². The number of hydrogen-bond acceptors (Lipinski definition) is 3. The van der Waals surface area contributed by atoms with Crippen LogP contribution in [0.2, 0.25) is 5.02 Å². The molecule has 28 heavy (non-hydrogen) atoms. The second-order valence-corrected chi connectivity index (χ2v) is 7.79. The Hall–Kier alpha value is -2.66. The van der Waals surface area contributed by atoms with Crippen LogP contribution in [-0.4, -0.2) is 33.4 Å². The minimum atomic E-state index is -0.236. The third-order valence-corrected chi connectivity index (χ3v) is 5.66. The molecule has 3 aromatic rings. The normalized spacial score (nSPS) is 15.1. The number of piperidine rings is 1. The molecule has 0 aliphatic carbocycles. The van der Waals surface area contributed by atoms with E-state index in [1.165, 1.54) is 16.5 Å². The van der Waals surface area contributed by atoms with Gasteiger partial charge in [0.25, 0.3) is 5.56 Å². The van der Waals surface area contributed by atoms with E-state index in [1.807, 2.05) is 11.0 Å². The highest BCUT2D eigenvalue weighted by atomic mass is 35.5. The van der Waals surface area contributed by atoms with Gasteiger partial charge in [-0.1, -0.05) is 41.9 Å². The minimum absolute atomic E-state index is 0.0115. The van der Waals surface area contributed by atoms with Gasteiger partial charge in [0.05, 0.1) is 17.2 Å². The first-order valence-electron chi connectivity index (χ1n) is 9.56. The summed E-state index contributed by atoms with van der Waals surface area (Å²) < 4.78 is 1.37. The first-order chi connectivity index (χ1) is 13.6. The smallest absolute Gasteiger partial charge is 0.261 e. The largest absolute Gasteiger partial charge is 0.341 e. The molecule has 4 rings (SSSR count). The molecule has 1 amide bonds. The van der Waals surface area contributed by atoms with Gasteiger partial charge >= 0.3 is 0 Å². The van der Waals surface area contributed by atoms with Gasteiger partial charge in [0.1, 0.15) is 6.54 Å². The topological polar surface area (TPSA) is 55.2 Å². The number of carbonyl (C=O) groups is 1.